The molecule has 1 saturated heterocycles. The first-order valence-electron chi connectivity index (χ1n) is 4.89. The molecule has 0 amide bonds. The van der Waals surface area contributed by atoms with Crippen molar-refractivity contribution in [2.24, 2.45) is 0 Å². The minimum absolute atomic E-state index is 0.00799. The van der Waals surface area contributed by atoms with Crippen molar-refractivity contribution in [3.05, 3.63) is 23.8 Å². The normalized spacial score (nSPS) is 18.4. The summed E-state index contributed by atoms with van der Waals surface area (Å²) < 4.78 is 5.27. The molecule has 4 heteroatoms. The van der Waals surface area contributed by atoms with Gasteiger partial charge in [-0.15, -0.1) is 0 Å². The van der Waals surface area contributed by atoms with Crippen LogP contribution in [0.2, 0.25) is 0 Å². The van der Waals surface area contributed by atoms with Gasteiger partial charge < -0.3 is 9.84 Å². The third-order valence-electron chi connectivity index (χ3n) is 2.49. The molecule has 0 aromatic carbocycles. The molecule has 0 unspecified atom stereocenters. The summed E-state index contributed by atoms with van der Waals surface area (Å²) in [7, 11) is 0. The molecule has 0 saturated carbocycles. The molecule has 4 nitrogen and oxygen atoms in total. The van der Waals surface area contributed by atoms with Gasteiger partial charge in [-0.05, 0) is 12.8 Å². The van der Waals surface area contributed by atoms with E-state index in [0.717, 1.165) is 37.4 Å². The maximum atomic E-state index is 8.84. The first-order chi connectivity index (χ1) is 6.90. The van der Waals surface area contributed by atoms with E-state index in [1.54, 1.807) is 12.4 Å². The third-order valence-corrected chi connectivity index (χ3v) is 2.49. The molecule has 0 bridgehead atoms. The fourth-order valence-corrected chi connectivity index (χ4v) is 1.61. The molecule has 1 N–H and O–H groups in total. The SMILES string of the molecule is OCc1cnc(C2CCOCC2)nc1. The van der Waals surface area contributed by atoms with E-state index < -0.39 is 0 Å². The number of ether oxygens (including phenoxy) is 1. The van der Waals surface area contributed by atoms with Crippen LogP contribution in [0.4, 0.5) is 0 Å². The Morgan fingerprint density at radius 1 is 1.29 bits per heavy atom. The van der Waals surface area contributed by atoms with Gasteiger partial charge >= 0.3 is 0 Å². The Balaban J connectivity index is 2.07. The molecular weight excluding hydrogens is 180 g/mol. The number of rotatable bonds is 2. The van der Waals surface area contributed by atoms with Crippen LogP contribution in [0.3, 0.4) is 0 Å². The largest absolute Gasteiger partial charge is 0.392 e. The summed E-state index contributed by atoms with van der Waals surface area (Å²) in [5.41, 5.74) is 0.765. The highest BCUT2D eigenvalue weighted by molar-refractivity contribution is 5.06. The van der Waals surface area contributed by atoms with Gasteiger partial charge in [0.05, 0.1) is 6.61 Å². The summed E-state index contributed by atoms with van der Waals surface area (Å²) in [6, 6.07) is 0. The van der Waals surface area contributed by atoms with Crippen molar-refractivity contribution < 1.29 is 9.84 Å². The van der Waals surface area contributed by atoms with E-state index in [4.69, 9.17) is 9.84 Å². The van der Waals surface area contributed by atoms with Crippen LogP contribution >= 0.6 is 0 Å². The predicted octanol–water partition coefficient (Wildman–Crippen LogP) is 0.863. The summed E-state index contributed by atoms with van der Waals surface area (Å²) in [6.45, 7) is 1.61. The van der Waals surface area contributed by atoms with E-state index in [2.05, 4.69) is 9.97 Å². The van der Waals surface area contributed by atoms with Gasteiger partial charge in [0.15, 0.2) is 0 Å². The van der Waals surface area contributed by atoms with Crippen LogP contribution < -0.4 is 0 Å². The second kappa shape index (κ2) is 4.48. The van der Waals surface area contributed by atoms with Crippen molar-refractivity contribution in [2.75, 3.05) is 13.2 Å². The van der Waals surface area contributed by atoms with Crippen LogP contribution in [-0.2, 0) is 11.3 Å². The first kappa shape index (κ1) is 9.55. The lowest BCUT2D eigenvalue weighted by atomic mass is 9.99. The van der Waals surface area contributed by atoms with Crippen LogP contribution in [0.5, 0.6) is 0 Å². The maximum absolute atomic E-state index is 8.84. The molecule has 14 heavy (non-hydrogen) atoms. The number of aliphatic hydroxyl groups is 1. The molecule has 1 aliphatic heterocycles. The van der Waals surface area contributed by atoms with Crippen molar-refractivity contribution in [3.63, 3.8) is 0 Å². The lowest BCUT2D eigenvalue weighted by Crippen LogP contribution is -2.16. The summed E-state index contributed by atoms with van der Waals surface area (Å²) in [5, 5.41) is 8.84. The van der Waals surface area contributed by atoms with E-state index in [-0.39, 0.29) is 6.61 Å². The molecule has 0 aliphatic carbocycles. The fourth-order valence-electron chi connectivity index (χ4n) is 1.61. The van der Waals surface area contributed by atoms with E-state index in [1.165, 1.54) is 0 Å². The maximum Gasteiger partial charge on any atom is 0.131 e. The number of aliphatic hydroxyl groups excluding tert-OH is 1. The van der Waals surface area contributed by atoms with E-state index >= 15 is 0 Å². The Bertz CT molecular complexity index is 281. The molecular formula is C10H14N2O2. The summed E-state index contributed by atoms with van der Waals surface area (Å²) >= 11 is 0. The van der Waals surface area contributed by atoms with E-state index in [0.29, 0.717) is 5.92 Å². The standard InChI is InChI=1S/C10H14N2O2/c13-7-8-5-11-10(12-6-8)9-1-3-14-4-2-9/h5-6,9,13H,1-4,7H2. The van der Waals surface area contributed by atoms with Crippen molar-refractivity contribution in [3.8, 4) is 0 Å². The summed E-state index contributed by atoms with van der Waals surface area (Å²) in [5.74, 6) is 1.31. The Morgan fingerprint density at radius 2 is 1.93 bits per heavy atom. The number of hydrogen-bond acceptors (Lipinski definition) is 4. The van der Waals surface area contributed by atoms with Gasteiger partial charge in [0.25, 0.3) is 0 Å². The molecule has 0 spiro atoms. The number of hydrogen-bond donors (Lipinski definition) is 1. The second-order valence-corrected chi connectivity index (χ2v) is 3.49. The van der Waals surface area contributed by atoms with E-state index in [1.807, 2.05) is 0 Å². The smallest absolute Gasteiger partial charge is 0.131 e. The molecule has 0 radical (unpaired) electrons. The fraction of sp³-hybridized carbons (Fsp3) is 0.600. The van der Waals surface area contributed by atoms with Crippen molar-refractivity contribution in [1.82, 2.24) is 9.97 Å². The van der Waals surface area contributed by atoms with Crippen LogP contribution in [0.15, 0.2) is 12.4 Å². The molecule has 1 aliphatic rings. The monoisotopic (exact) mass is 194 g/mol. The van der Waals surface area contributed by atoms with Crippen molar-refractivity contribution in [1.29, 1.82) is 0 Å². The molecule has 2 rings (SSSR count). The van der Waals surface area contributed by atoms with Crippen LogP contribution in [0.25, 0.3) is 0 Å². The van der Waals surface area contributed by atoms with Crippen molar-refractivity contribution >= 4 is 0 Å². The second-order valence-electron chi connectivity index (χ2n) is 3.49. The summed E-state index contributed by atoms with van der Waals surface area (Å²) in [4.78, 5) is 8.49. The number of nitrogens with zero attached hydrogens (tertiary/aromatic N) is 2. The minimum atomic E-state index is 0.00799. The quantitative estimate of drug-likeness (QED) is 0.758. The van der Waals surface area contributed by atoms with Crippen LogP contribution in [0, 0.1) is 0 Å². The van der Waals surface area contributed by atoms with Gasteiger partial charge in [0.1, 0.15) is 5.82 Å². The summed E-state index contributed by atoms with van der Waals surface area (Å²) in [6.07, 6.45) is 5.38. The van der Waals surface area contributed by atoms with Gasteiger partial charge in [0.2, 0.25) is 0 Å². The van der Waals surface area contributed by atoms with Gasteiger partial charge in [-0.25, -0.2) is 9.97 Å². The average Bonchev–Trinajstić information content (AvgIpc) is 2.30. The minimum Gasteiger partial charge on any atom is -0.392 e. The zero-order valence-corrected chi connectivity index (χ0v) is 8.02. The first-order valence-corrected chi connectivity index (χ1v) is 4.89. The molecule has 1 aromatic heterocycles. The Hall–Kier alpha value is -1.00. The Labute approximate surface area is 83.0 Å². The molecule has 1 aromatic rings. The lowest BCUT2D eigenvalue weighted by molar-refractivity contribution is 0.0835. The van der Waals surface area contributed by atoms with Crippen molar-refractivity contribution in [2.45, 2.75) is 25.4 Å². The topological polar surface area (TPSA) is 55.2 Å². The van der Waals surface area contributed by atoms with E-state index in [9.17, 15) is 0 Å². The van der Waals surface area contributed by atoms with Crippen LogP contribution in [-0.4, -0.2) is 28.3 Å². The molecule has 1 fully saturated rings. The third kappa shape index (κ3) is 2.08. The highest BCUT2D eigenvalue weighted by Crippen LogP contribution is 2.23. The Morgan fingerprint density at radius 3 is 2.50 bits per heavy atom. The van der Waals surface area contributed by atoms with Gasteiger partial charge in [-0.2, -0.15) is 0 Å². The molecule has 2 heterocycles. The zero-order chi connectivity index (χ0) is 9.80. The number of aromatic nitrogens is 2. The Kier molecular flexibility index (Phi) is 3.06. The zero-order valence-electron chi connectivity index (χ0n) is 8.02. The highest BCUT2D eigenvalue weighted by Gasteiger charge is 2.17. The lowest BCUT2D eigenvalue weighted by Gasteiger charge is -2.20. The van der Waals surface area contributed by atoms with Gasteiger partial charge in [-0.1, -0.05) is 0 Å². The van der Waals surface area contributed by atoms with Crippen LogP contribution in [0.1, 0.15) is 30.1 Å². The molecule has 76 valence electrons. The highest BCUT2D eigenvalue weighted by atomic mass is 16.5. The van der Waals surface area contributed by atoms with Gasteiger partial charge in [0, 0.05) is 37.1 Å². The average molecular weight is 194 g/mol. The van der Waals surface area contributed by atoms with Gasteiger partial charge in [-0.3, -0.25) is 0 Å². The predicted molar refractivity (Wildman–Crippen MR) is 50.7 cm³/mol. The molecule has 0 atom stereocenters.